The summed E-state index contributed by atoms with van der Waals surface area (Å²) in [5, 5.41) is -0.245. The molecule has 0 saturated heterocycles. The van der Waals surface area contributed by atoms with Gasteiger partial charge in [-0.05, 0) is 54.5 Å². The van der Waals surface area contributed by atoms with E-state index in [4.69, 9.17) is 11.6 Å². The fourth-order valence-electron chi connectivity index (χ4n) is 1.57. The van der Waals surface area contributed by atoms with Gasteiger partial charge in [-0.2, -0.15) is 0 Å². The second kappa shape index (κ2) is 5.32. The molecule has 2 heteroatoms. The zero-order chi connectivity index (χ0) is 11.4. The molecule has 1 aromatic carbocycles. The van der Waals surface area contributed by atoms with Crippen molar-refractivity contribution in [3.63, 3.8) is 0 Å². The van der Waals surface area contributed by atoms with Crippen molar-refractivity contribution < 1.29 is 4.79 Å². The molecule has 1 rings (SSSR count). The summed E-state index contributed by atoms with van der Waals surface area (Å²) in [5.41, 5.74) is 3.90. The van der Waals surface area contributed by atoms with Crippen LogP contribution in [-0.2, 0) is 4.79 Å². The summed E-state index contributed by atoms with van der Waals surface area (Å²) in [6.45, 7) is 6.34. The molecule has 0 heterocycles. The van der Waals surface area contributed by atoms with E-state index in [-0.39, 0.29) is 5.24 Å². The van der Waals surface area contributed by atoms with Gasteiger partial charge in [0, 0.05) is 6.42 Å². The fourth-order valence-corrected chi connectivity index (χ4v) is 1.68. The van der Waals surface area contributed by atoms with Gasteiger partial charge in [0.2, 0.25) is 5.24 Å². The van der Waals surface area contributed by atoms with Crippen LogP contribution < -0.4 is 0 Å². The predicted molar refractivity (Wildman–Crippen MR) is 64.4 cm³/mol. The molecule has 1 aromatic rings. The lowest BCUT2D eigenvalue weighted by atomic mass is 9.94. The van der Waals surface area contributed by atoms with Crippen molar-refractivity contribution in [1.29, 1.82) is 0 Å². The largest absolute Gasteiger partial charge is 0.281 e. The van der Waals surface area contributed by atoms with Gasteiger partial charge in [-0.3, -0.25) is 4.79 Å². The standard InChI is InChI=1S/C13H17ClO/c1-9-4-6-12(8-11(9)3)10(2)5-7-13(14)15/h4,6,8,10H,5,7H2,1-3H3. The topological polar surface area (TPSA) is 17.1 Å². The van der Waals surface area contributed by atoms with Gasteiger partial charge in [-0.1, -0.05) is 25.1 Å². The van der Waals surface area contributed by atoms with Gasteiger partial charge in [0.05, 0.1) is 0 Å². The van der Waals surface area contributed by atoms with Crippen LogP contribution in [0.15, 0.2) is 18.2 Å². The van der Waals surface area contributed by atoms with Gasteiger partial charge < -0.3 is 0 Å². The van der Waals surface area contributed by atoms with Crippen LogP contribution in [0.1, 0.15) is 42.4 Å². The van der Waals surface area contributed by atoms with Crippen LogP contribution in [0.3, 0.4) is 0 Å². The van der Waals surface area contributed by atoms with E-state index in [0.29, 0.717) is 12.3 Å². The molecule has 0 aromatic heterocycles. The van der Waals surface area contributed by atoms with Gasteiger partial charge in [-0.15, -0.1) is 0 Å². The number of rotatable bonds is 4. The number of hydrogen-bond donors (Lipinski definition) is 0. The Labute approximate surface area is 96.5 Å². The van der Waals surface area contributed by atoms with Gasteiger partial charge in [0.1, 0.15) is 0 Å². The highest BCUT2D eigenvalue weighted by molar-refractivity contribution is 6.63. The third kappa shape index (κ3) is 3.67. The van der Waals surface area contributed by atoms with Crippen LogP contribution >= 0.6 is 11.6 Å². The average Bonchev–Trinajstić information content (AvgIpc) is 2.18. The molecule has 0 aliphatic heterocycles. The highest BCUT2D eigenvalue weighted by atomic mass is 35.5. The lowest BCUT2D eigenvalue weighted by Crippen LogP contribution is -1.97. The quantitative estimate of drug-likeness (QED) is 0.708. The lowest BCUT2D eigenvalue weighted by molar-refractivity contribution is -0.111. The highest BCUT2D eigenvalue weighted by Gasteiger charge is 2.08. The minimum atomic E-state index is -0.245. The number of carbonyl (C=O) groups excluding carboxylic acids is 1. The van der Waals surface area contributed by atoms with E-state index in [1.54, 1.807) is 0 Å². The van der Waals surface area contributed by atoms with Crippen LogP contribution in [0.4, 0.5) is 0 Å². The monoisotopic (exact) mass is 224 g/mol. The van der Waals surface area contributed by atoms with E-state index in [9.17, 15) is 4.79 Å². The highest BCUT2D eigenvalue weighted by Crippen LogP contribution is 2.23. The third-order valence-corrected chi connectivity index (χ3v) is 3.06. The fraction of sp³-hybridized carbons (Fsp3) is 0.462. The van der Waals surface area contributed by atoms with Crippen molar-refractivity contribution in [2.75, 3.05) is 0 Å². The molecule has 82 valence electrons. The molecule has 0 saturated carbocycles. The zero-order valence-corrected chi connectivity index (χ0v) is 10.3. The molecule has 0 bridgehead atoms. The van der Waals surface area contributed by atoms with Crippen LogP contribution in [0.5, 0.6) is 0 Å². The van der Waals surface area contributed by atoms with Crippen molar-refractivity contribution >= 4 is 16.8 Å². The summed E-state index contributed by atoms with van der Waals surface area (Å²) in [5.74, 6) is 0.395. The number of halogens is 1. The maximum Gasteiger partial charge on any atom is 0.221 e. The van der Waals surface area contributed by atoms with Gasteiger partial charge in [0.15, 0.2) is 0 Å². The van der Waals surface area contributed by atoms with Crippen LogP contribution in [0.25, 0.3) is 0 Å². The Morgan fingerprint density at radius 3 is 2.53 bits per heavy atom. The van der Waals surface area contributed by atoms with Crippen molar-refractivity contribution in [2.24, 2.45) is 0 Å². The molecule has 0 fully saturated rings. The van der Waals surface area contributed by atoms with E-state index >= 15 is 0 Å². The zero-order valence-electron chi connectivity index (χ0n) is 9.51. The molecule has 0 radical (unpaired) electrons. The lowest BCUT2D eigenvalue weighted by Gasteiger charge is -2.12. The summed E-state index contributed by atoms with van der Waals surface area (Å²) < 4.78 is 0. The number of benzene rings is 1. The van der Waals surface area contributed by atoms with Gasteiger partial charge in [-0.25, -0.2) is 0 Å². The second-order valence-electron chi connectivity index (χ2n) is 4.14. The Bertz CT molecular complexity index is 358. The van der Waals surface area contributed by atoms with E-state index in [2.05, 4.69) is 39.0 Å². The molecule has 0 aliphatic rings. The van der Waals surface area contributed by atoms with Crippen LogP contribution in [0.2, 0.25) is 0 Å². The third-order valence-electron chi connectivity index (χ3n) is 2.87. The van der Waals surface area contributed by atoms with Crippen molar-refractivity contribution in [3.8, 4) is 0 Å². The normalized spacial score (nSPS) is 12.5. The van der Waals surface area contributed by atoms with Gasteiger partial charge >= 0.3 is 0 Å². The Kier molecular flexibility index (Phi) is 4.34. The number of aryl methyl sites for hydroxylation is 2. The Hall–Kier alpha value is -0.820. The minimum absolute atomic E-state index is 0.245. The summed E-state index contributed by atoms with van der Waals surface area (Å²) >= 11 is 5.33. The number of carbonyl (C=O) groups is 1. The number of hydrogen-bond acceptors (Lipinski definition) is 1. The first-order chi connectivity index (χ1) is 7.00. The van der Waals surface area contributed by atoms with E-state index in [1.807, 2.05) is 0 Å². The molecule has 0 amide bonds. The summed E-state index contributed by atoms with van der Waals surface area (Å²) in [6, 6.07) is 6.45. The van der Waals surface area contributed by atoms with Crippen molar-refractivity contribution in [1.82, 2.24) is 0 Å². The van der Waals surface area contributed by atoms with Crippen molar-refractivity contribution in [3.05, 3.63) is 34.9 Å². The Morgan fingerprint density at radius 2 is 2.00 bits per heavy atom. The maximum absolute atomic E-state index is 10.7. The summed E-state index contributed by atoms with van der Waals surface area (Å²) in [4.78, 5) is 10.7. The molecule has 0 spiro atoms. The van der Waals surface area contributed by atoms with Crippen LogP contribution in [0, 0.1) is 13.8 Å². The molecule has 15 heavy (non-hydrogen) atoms. The maximum atomic E-state index is 10.7. The molecule has 0 aliphatic carbocycles. The second-order valence-corrected chi connectivity index (χ2v) is 4.56. The van der Waals surface area contributed by atoms with E-state index < -0.39 is 0 Å². The molecular weight excluding hydrogens is 208 g/mol. The van der Waals surface area contributed by atoms with E-state index in [0.717, 1.165) is 6.42 Å². The molecular formula is C13H17ClO. The Balaban J connectivity index is 2.69. The van der Waals surface area contributed by atoms with Gasteiger partial charge in [0.25, 0.3) is 0 Å². The Morgan fingerprint density at radius 1 is 1.33 bits per heavy atom. The SMILES string of the molecule is Cc1ccc(C(C)CCC(=O)Cl)cc1C. The molecule has 0 N–H and O–H groups in total. The summed E-state index contributed by atoms with van der Waals surface area (Å²) in [7, 11) is 0. The molecule has 1 unspecified atom stereocenters. The first kappa shape index (κ1) is 12.3. The van der Waals surface area contributed by atoms with Crippen molar-refractivity contribution in [2.45, 2.75) is 39.5 Å². The minimum Gasteiger partial charge on any atom is -0.281 e. The summed E-state index contributed by atoms with van der Waals surface area (Å²) in [6.07, 6.45) is 1.28. The van der Waals surface area contributed by atoms with Crippen LogP contribution in [-0.4, -0.2) is 5.24 Å². The average molecular weight is 225 g/mol. The first-order valence-electron chi connectivity index (χ1n) is 5.26. The van der Waals surface area contributed by atoms with E-state index in [1.165, 1.54) is 16.7 Å². The smallest absolute Gasteiger partial charge is 0.221 e. The first-order valence-corrected chi connectivity index (χ1v) is 5.64. The molecule has 1 nitrogen and oxygen atoms in total. The molecule has 1 atom stereocenters. The predicted octanol–water partition coefficient (Wildman–Crippen LogP) is 3.95.